The van der Waals surface area contributed by atoms with Crippen LogP contribution >= 0.6 is 0 Å². The number of aromatic nitrogens is 1. The summed E-state index contributed by atoms with van der Waals surface area (Å²) in [5.74, 6) is -1.20. The highest BCUT2D eigenvalue weighted by Gasteiger charge is 2.32. The summed E-state index contributed by atoms with van der Waals surface area (Å²) in [5, 5.41) is -1.10. The Morgan fingerprint density at radius 3 is 2.63 bits per heavy atom. The van der Waals surface area contributed by atoms with E-state index in [1.807, 2.05) is 0 Å². The molecular formula is C17H23F3N4O2S. The lowest BCUT2D eigenvalue weighted by molar-refractivity contribution is -0.130. The van der Waals surface area contributed by atoms with Crippen LogP contribution in [-0.4, -0.2) is 49.9 Å². The summed E-state index contributed by atoms with van der Waals surface area (Å²) >= 11 is 0. The van der Waals surface area contributed by atoms with Gasteiger partial charge in [0.15, 0.2) is 0 Å². The fraction of sp³-hybridized carbons (Fsp3) is 0.471. The molecule has 2 atom stereocenters. The minimum Gasteiger partial charge on any atom is -0.401 e. The zero-order valence-electron chi connectivity index (χ0n) is 15.4. The first kappa shape index (κ1) is 22.8. The summed E-state index contributed by atoms with van der Waals surface area (Å²) in [4.78, 5) is 22.1. The highest BCUT2D eigenvalue weighted by molar-refractivity contribution is 7.86. The summed E-state index contributed by atoms with van der Waals surface area (Å²) in [6, 6.07) is 3.40. The van der Waals surface area contributed by atoms with Gasteiger partial charge in [-0.2, -0.15) is 13.2 Å². The van der Waals surface area contributed by atoms with E-state index < -0.39 is 40.3 Å². The molecule has 27 heavy (non-hydrogen) atoms. The molecule has 0 radical (unpaired) electrons. The third-order valence-corrected chi connectivity index (χ3v) is 5.18. The summed E-state index contributed by atoms with van der Waals surface area (Å²) in [6.45, 7) is 4.80. The van der Waals surface area contributed by atoms with Gasteiger partial charge in [-0.3, -0.25) is 19.0 Å². The van der Waals surface area contributed by atoms with Crippen LogP contribution in [0.2, 0.25) is 0 Å². The number of hydrogen-bond acceptors (Lipinski definition) is 5. The molecule has 0 saturated heterocycles. The molecule has 1 heterocycles. The third kappa shape index (κ3) is 7.49. The van der Waals surface area contributed by atoms with Crippen molar-refractivity contribution in [1.82, 2.24) is 9.88 Å². The van der Waals surface area contributed by atoms with Crippen LogP contribution in [0.25, 0.3) is 0 Å². The van der Waals surface area contributed by atoms with Crippen molar-refractivity contribution in [3.8, 4) is 0 Å². The molecule has 1 aromatic rings. The molecule has 2 N–H and O–H groups in total. The van der Waals surface area contributed by atoms with Gasteiger partial charge in [-0.1, -0.05) is 0 Å². The third-order valence-electron chi connectivity index (χ3n) is 3.59. The number of amides is 1. The number of halogens is 3. The van der Waals surface area contributed by atoms with Crippen LogP contribution in [0, 0.1) is 0 Å². The number of allylic oxidation sites excluding steroid dienone is 2. The Hall–Kier alpha value is -2.23. The van der Waals surface area contributed by atoms with Gasteiger partial charge in [0.1, 0.15) is 5.25 Å². The van der Waals surface area contributed by atoms with E-state index in [1.54, 1.807) is 32.2 Å². The Morgan fingerprint density at radius 2 is 2.15 bits per heavy atom. The molecule has 0 saturated carbocycles. The Balaban J connectivity index is 2.97. The topological polar surface area (TPSA) is 88.7 Å². The summed E-state index contributed by atoms with van der Waals surface area (Å²) in [6.07, 6.45) is -1.13. The van der Waals surface area contributed by atoms with Crippen molar-refractivity contribution in [2.75, 3.05) is 12.3 Å². The fourth-order valence-electron chi connectivity index (χ4n) is 2.12. The molecule has 0 aromatic carbocycles. The van der Waals surface area contributed by atoms with Crippen molar-refractivity contribution in [2.45, 2.75) is 38.6 Å². The van der Waals surface area contributed by atoms with Crippen molar-refractivity contribution in [1.29, 1.82) is 0 Å². The average Bonchev–Trinajstić information content (AvgIpc) is 2.61. The lowest BCUT2D eigenvalue weighted by atomic mass is 10.2. The second-order valence-electron chi connectivity index (χ2n) is 5.71. The van der Waals surface area contributed by atoms with Crippen LogP contribution in [0.3, 0.4) is 0 Å². The van der Waals surface area contributed by atoms with Gasteiger partial charge in [-0.05, 0) is 32.9 Å². The second kappa shape index (κ2) is 10.2. The van der Waals surface area contributed by atoms with E-state index >= 15 is 0 Å². The zero-order chi connectivity index (χ0) is 20.6. The van der Waals surface area contributed by atoms with Gasteiger partial charge in [0.25, 0.3) is 0 Å². The number of nitrogens with zero attached hydrogens (tertiary/aromatic N) is 3. The molecule has 0 aliphatic heterocycles. The molecule has 0 fully saturated rings. The number of nitrogens with two attached hydrogens (primary N) is 1. The first-order valence-corrected chi connectivity index (χ1v) is 9.60. The van der Waals surface area contributed by atoms with E-state index in [-0.39, 0.29) is 6.54 Å². The molecule has 0 spiro atoms. The van der Waals surface area contributed by atoms with Crippen LogP contribution in [0.5, 0.6) is 0 Å². The molecule has 6 nitrogen and oxygen atoms in total. The van der Waals surface area contributed by atoms with Crippen molar-refractivity contribution in [3.63, 3.8) is 0 Å². The van der Waals surface area contributed by atoms with Gasteiger partial charge in [0, 0.05) is 35.0 Å². The smallest absolute Gasteiger partial charge is 0.390 e. The maximum atomic E-state index is 12.7. The van der Waals surface area contributed by atoms with Gasteiger partial charge in [0.2, 0.25) is 5.91 Å². The first-order chi connectivity index (χ1) is 12.6. The summed E-state index contributed by atoms with van der Waals surface area (Å²) in [7, 11) is -1.96. The first-order valence-electron chi connectivity index (χ1n) is 8.22. The average molecular weight is 404 g/mol. The predicted molar refractivity (Wildman–Crippen MR) is 99.8 cm³/mol. The van der Waals surface area contributed by atoms with Crippen molar-refractivity contribution >= 4 is 28.6 Å². The van der Waals surface area contributed by atoms with Gasteiger partial charge >= 0.3 is 6.18 Å². The molecule has 1 amide bonds. The molecule has 0 aliphatic carbocycles. The lowest BCUT2D eigenvalue weighted by Crippen LogP contribution is -2.41. The number of carbonyl (C=O) groups excluding carboxylic acids is 1. The number of alkyl halides is 3. The maximum absolute atomic E-state index is 12.7. The van der Waals surface area contributed by atoms with E-state index in [0.717, 1.165) is 0 Å². The monoisotopic (exact) mass is 404 g/mol. The highest BCUT2D eigenvalue weighted by atomic mass is 32.2. The Kier molecular flexibility index (Phi) is 8.61. The standard InChI is InChI=1S/C17H23F3N4O2S/c1-4-24(16(25)13(3)27(26)9-7-17(18,19)20)15(12(2)21)11-23-14-6-5-8-22-10-14/h5-6,8,10-11,13H,4,7,9,21H2,1-3H3. The predicted octanol–water partition coefficient (Wildman–Crippen LogP) is 2.91. The van der Waals surface area contributed by atoms with Gasteiger partial charge in [-0.15, -0.1) is 0 Å². The quantitative estimate of drug-likeness (QED) is 0.675. The number of carbonyl (C=O) groups is 1. The molecule has 0 aliphatic rings. The van der Waals surface area contributed by atoms with Crippen molar-refractivity contribution < 1.29 is 22.2 Å². The van der Waals surface area contributed by atoms with Crippen LogP contribution in [-0.2, 0) is 15.6 Å². The molecule has 0 bridgehead atoms. The van der Waals surface area contributed by atoms with E-state index in [0.29, 0.717) is 17.1 Å². The molecule has 150 valence electrons. The Morgan fingerprint density at radius 1 is 1.48 bits per heavy atom. The lowest BCUT2D eigenvalue weighted by Gasteiger charge is -2.25. The minimum absolute atomic E-state index is 0.197. The highest BCUT2D eigenvalue weighted by Crippen LogP contribution is 2.21. The van der Waals surface area contributed by atoms with Gasteiger partial charge in [-0.25, -0.2) is 0 Å². The van der Waals surface area contributed by atoms with Crippen molar-refractivity contribution in [2.24, 2.45) is 10.7 Å². The normalized spacial score (nSPS) is 15.3. The number of hydrogen-bond donors (Lipinski definition) is 1. The van der Waals surface area contributed by atoms with E-state index in [2.05, 4.69) is 9.98 Å². The molecule has 2 unspecified atom stereocenters. The van der Waals surface area contributed by atoms with Crippen LogP contribution < -0.4 is 5.73 Å². The van der Waals surface area contributed by atoms with Crippen molar-refractivity contribution in [3.05, 3.63) is 35.9 Å². The van der Waals surface area contributed by atoms with E-state index in [4.69, 9.17) is 5.73 Å². The largest absolute Gasteiger partial charge is 0.401 e. The zero-order valence-corrected chi connectivity index (χ0v) is 16.2. The molecule has 1 rings (SSSR count). The number of pyridine rings is 1. The molecule has 1 aromatic heterocycles. The number of aliphatic imine (C=N–C) groups is 1. The van der Waals surface area contributed by atoms with Crippen LogP contribution in [0.4, 0.5) is 18.9 Å². The summed E-state index contributed by atoms with van der Waals surface area (Å²) in [5.41, 5.74) is 7.00. The maximum Gasteiger partial charge on any atom is 0.390 e. The second-order valence-corrected chi connectivity index (χ2v) is 7.59. The van der Waals surface area contributed by atoms with Crippen LogP contribution in [0.1, 0.15) is 27.2 Å². The van der Waals surface area contributed by atoms with E-state index in [9.17, 15) is 22.2 Å². The van der Waals surface area contributed by atoms with Crippen LogP contribution in [0.15, 0.2) is 40.9 Å². The number of rotatable bonds is 8. The molecular weight excluding hydrogens is 381 g/mol. The fourth-order valence-corrected chi connectivity index (χ4v) is 3.26. The minimum atomic E-state index is -4.42. The SMILES string of the molecule is CCN(C(=O)C(C)S(=O)CCC(F)(F)F)C(C=Nc1cccnc1)=C(C)N. The summed E-state index contributed by atoms with van der Waals surface area (Å²) < 4.78 is 49.1. The van der Waals surface area contributed by atoms with Gasteiger partial charge in [0.05, 0.1) is 30.2 Å². The Bertz CT molecular complexity index is 717. The Labute approximate surface area is 158 Å². The van der Waals surface area contributed by atoms with E-state index in [1.165, 1.54) is 24.2 Å². The van der Waals surface area contributed by atoms with Gasteiger partial charge < -0.3 is 10.6 Å². The molecule has 10 heteroatoms.